The van der Waals surface area contributed by atoms with E-state index < -0.39 is 5.91 Å². The van der Waals surface area contributed by atoms with Gasteiger partial charge in [0.15, 0.2) is 11.5 Å². The number of rotatable bonds is 6. The van der Waals surface area contributed by atoms with Gasteiger partial charge in [-0.15, -0.1) is 0 Å². The maximum atomic E-state index is 13.1. The van der Waals surface area contributed by atoms with Crippen LogP contribution in [0.1, 0.15) is 36.2 Å². The molecule has 1 saturated carbocycles. The van der Waals surface area contributed by atoms with Gasteiger partial charge in [0, 0.05) is 24.3 Å². The minimum atomic E-state index is -0.642. The summed E-state index contributed by atoms with van der Waals surface area (Å²) in [7, 11) is 0. The fourth-order valence-electron chi connectivity index (χ4n) is 3.65. The van der Waals surface area contributed by atoms with Gasteiger partial charge >= 0.3 is 0 Å². The van der Waals surface area contributed by atoms with E-state index in [-0.39, 0.29) is 23.6 Å². The van der Waals surface area contributed by atoms with Crippen LogP contribution in [0.2, 0.25) is 0 Å². The Balaban J connectivity index is 1.56. The van der Waals surface area contributed by atoms with Gasteiger partial charge in [-0.3, -0.25) is 4.79 Å². The highest BCUT2D eigenvalue weighted by atomic mass is 19.1. The van der Waals surface area contributed by atoms with Gasteiger partial charge in [0.05, 0.1) is 23.3 Å². The average Bonchev–Trinajstić information content (AvgIpc) is 3.19. The molecule has 1 aliphatic rings. The van der Waals surface area contributed by atoms with Crippen molar-refractivity contribution in [1.82, 2.24) is 14.8 Å². The van der Waals surface area contributed by atoms with Crippen molar-refractivity contribution >= 4 is 23.1 Å². The zero-order valence-electron chi connectivity index (χ0n) is 16.4. The summed E-state index contributed by atoms with van der Waals surface area (Å²) in [5, 5.41) is 10.9. The molecule has 9 heteroatoms. The van der Waals surface area contributed by atoms with Crippen LogP contribution < -0.4 is 22.1 Å². The number of nitrogens with one attached hydrogen (secondary N) is 2. The molecule has 0 bridgehead atoms. The maximum absolute atomic E-state index is 13.1. The third kappa shape index (κ3) is 4.41. The van der Waals surface area contributed by atoms with Crippen molar-refractivity contribution < 1.29 is 9.18 Å². The van der Waals surface area contributed by atoms with Gasteiger partial charge in [-0.05, 0) is 43.2 Å². The summed E-state index contributed by atoms with van der Waals surface area (Å²) in [4.78, 5) is 16.1. The summed E-state index contributed by atoms with van der Waals surface area (Å²) >= 11 is 0. The number of hydrogen-bond acceptors (Lipinski definition) is 6. The molecule has 8 nitrogen and oxygen atoms in total. The molecule has 0 saturated heterocycles. The third-order valence-corrected chi connectivity index (χ3v) is 5.24. The first-order valence-corrected chi connectivity index (χ1v) is 9.90. The van der Waals surface area contributed by atoms with Gasteiger partial charge in [-0.25, -0.2) is 14.1 Å². The van der Waals surface area contributed by atoms with E-state index in [0.717, 1.165) is 31.4 Å². The van der Waals surface area contributed by atoms with Gasteiger partial charge in [-0.1, -0.05) is 12.8 Å². The standard InChI is InChI=1S/C21H24FN7O/c22-13-5-7-15(8-6-13)29-10-9-19(28-29)27-18-11-14(12-25-20(18)21(24)30)26-17-4-2-1-3-16(17)23/h5-12,16-17,26H,1-4,23H2,(H2,24,30)(H,27,28)/t16-,17+/m0/s1. The van der Waals surface area contributed by atoms with Crippen molar-refractivity contribution in [1.29, 1.82) is 0 Å². The highest BCUT2D eigenvalue weighted by Crippen LogP contribution is 2.26. The van der Waals surface area contributed by atoms with Crippen LogP contribution in [0.5, 0.6) is 0 Å². The highest BCUT2D eigenvalue weighted by molar-refractivity contribution is 5.97. The SMILES string of the molecule is NC(=O)c1ncc(N[C@@H]2CCCC[C@@H]2N)cc1Nc1ccn(-c2ccc(F)cc2)n1. The lowest BCUT2D eigenvalue weighted by Gasteiger charge is -2.30. The summed E-state index contributed by atoms with van der Waals surface area (Å²) in [6, 6.07) is 9.74. The summed E-state index contributed by atoms with van der Waals surface area (Å²) in [5.74, 6) is -0.463. The van der Waals surface area contributed by atoms with Crippen LogP contribution in [0.25, 0.3) is 5.69 Å². The smallest absolute Gasteiger partial charge is 0.269 e. The highest BCUT2D eigenvalue weighted by Gasteiger charge is 2.22. The average molecular weight is 409 g/mol. The number of nitrogens with two attached hydrogens (primary N) is 2. The molecule has 4 rings (SSSR count). The van der Waals surface area contributed by atoms with Crippen LogP contribution in [0.15, 0.2) is 48.8 Å². The lowest BCUT2D eigenvalue weighted by Crippen LogP contribution is -2.42. The Morgan fingerprint density at radius 1 is 1.17 bits per heavy atom. The summed E-state index contributed by atoms with van der Waals surface area (Å²) < 4.78 is 14.7. The molecule has 2 heterocycles. The molecule has 3 aromatic rings. The number of carbonyl (C=O) groups is 1. The summed E-state index contributed by atoms with van der Waals surface area (Å²) in [5.41, 5.74) is 13.7. The van der Waals surface area contributed by atoms with Crippen molar-refractivity contribution in [3.63, 3.8) is 0 Å². The van der Waals surface area contributed by atoms with Gasteiger partial charge < -0.3 is 22.1 Å². The Labute approximate surface area is 173 Å². The number of aromatic nitrogens is 3. The lowest BCUT2D eigenvalue weighted by molar-refractivity contribution is 0.0996. The third-order valence-electron chi connectivity index (χ3n) is 5.24. The van der Waals surface area contributed by atoms with Crippen LogP contribution in [0.3, 0.4) is 0 Å². The molecule has 1 fully saturated rings. The minimum Gasteiger partial charge on any atom is -0.379 e. The zero-order valence-corrected chi connectivity index (χ0v) is 16.4. The molecule has 156 valence electrons. The summed E-state index contributed by atoms with van der Waals surface area (Å²) in [6.45, 7) is 0. The van der Waals surface area contributed by atoms with E-state index in [4.69, 9.17) is 11.5 Å². The van der Waals surface area contributed by atoms with E-state index in [1.165, 1.54) is 12.1 Å². The Kier molecular flexibility index (Phi) is 5.62. The monoisotopic (exact) mass is 409 g/mol. The van der Waals surface area contributed by atoms with E-state index in [1.807, 2.05) is 0 Å². The molecule has 1 aromatic carbocycles. The van der Waals surface area contributed by atoms with Crippen LogP contribution in [-0.4, -0.2) is 32.8 Å². The largest absolute Gasteiger partial charge is 0.379 e. The zero-order chi connectivity index (χ0) is 21.1. The van der Waals surface area contributed by atoms with Crippen LogP contribution in [0.4, 0.5) is 21.6 Å². The van der Waals surface area contributed by atoms with E-state index in [0.29, 0.717) is 17.2 Å². The quantitative estimate of drug-likeness (QED) is 0.496. The second-order valence-electron chi connectivity index (χ2n) is 7.43. The van der Waals surface area contributed by atoms with Crippen molar-refractivity contribution in [2.75, 3.05) is 10.6 Å². The van der Waals surface area contributed by atoms with E-state index in [9.17, 15) is 9.18 Å². The molecule has 0 radical (unpaired) electrons. The van der Waals surface area contributed by atoms with Crippen molar-refractivity contribution in [2.24, 2.45) is 11.5 Å². The summed E-state index contributed by atoms with van der Waals surface area (Å²) in [6.07, 6.45) is 7.56. The number of carbonyl (C=O) groups excluding carboxylic acids is 1. The number of nitrogens with zero attached hydrogens (tertiary/aromatic N) is 3. The molecule has 1 amide bonds. The lowest BCUT2D eigenvalue weighted by atomic mass is 9.91. The van der Waals surface area contributed by atoms with Crippen LogP contribution in [-0.2, 0) is 0 Å². The first-order valence-electron chi connectivity index (χ1n) is 9.90. The molecule has 1 aliphatic carbocycles. The fraction of sp³-hybridized carbons (Fsp3) is 0.286. The van der Waals surface area contributed by atoms with Crippen molar-refractivity contribution in [2.45, 2.75) is 37.8 Å². The van der Waals surface area contributed by atoms with Crippen LogP contribution in [0, 0.1) is 5.82 Å². The molecule has 6 N–H and O–H groups in total. The van der Waals surface area contributed by atoms with Crippen molar-refractivity contribution in [3.8, 4) is 5.69 Å². The fourth-order valence-corrected chi connectivity index (χ4v) is 3.65. The van der Waals surface area contributed by atoms with Gasteiger partial charge in [0.1, 0.15) is 5.82 Å². The van der Waals surface area contributed by atoms with Crippen molar-refractivity contribution in [3.05, 3.63) is 60.3 Å². The Morgan fingerprint density at radius 2 is 1.93 bits per heavy atom. The molecule has 0 spiro atoms. The Bertz CT molecular complexity index is 1030. The number of hydrogen-bond donors (Lipinski definition) is 4. The number of amides is 1. The van der Waals surface area contributed by atoms with Gasteiger partial charge in [0.25, 0.3) is 5.91 Å². The molecule has 0 unspecified atom stereocenters. The Hall–Kier alpha value is -3.46. The maximum Gasteiger partial charge on any atom is 0.269 e. The van der Waals surface area contributed by atoms with E-state index >= 15 is 0 Å². The first-order chi connectivity index (χ1) is 14.5. The number of primary amides is 1. The first kappa shape index (κ1) is 19.8. The number of anilines is 3. The number of halogens is 1. The normalized spacial score (nSPS) is 18.7. The van der Waals surface area contributed by atoms with Gasteiger partial charge in [0.2, 0.25) is 0 Å². The predicted molar refractivity (Wildman–Crippen MR) is 113 cm³/mol. The van der Waals surface area contributed by atoms with E-state index in [2.05, 4.69) is 20.7 Å². The number of benzene rings is 1. The predicted octanol–water partition coefficient (Wildman–Crippen LogP) is 2.93. The second kappa shape index (κ2) is 8.50. The molecule has 0 aliphatic heterocycles. The number of pyridine rings is 1. The second-order valence-corrected chi connectivity index (χ2v) is 7.43. The Morgan fingerprint density at radius 3 is 2.67 bits per heavy atom. The molecular formula is C21H24FN7O. The topological polar surface area (TPSA) is 124 Å². The van der Waals surface area contributed by atoms with E-state index in [1.54, 1.807) is 41.3 Å². The minimum absolute atomic E-state index is 0.0809. The van der Waals surface area contributed by atoms with Gasteiger partial charge in [-0.2, -0.15) is 5.10 Å². The molecule has 30 heavy (non-hydrogen) atoms. The van der Waals surface area contributed by atoms with Crippen LogP contribution >= 0.6 is 0 Å². The molecular weight excluding hydrogens is 385 g/mol. The molecule has 2 aromatic heterocycles. The molecule has 2 atom stereocenters.